The summed E-state index contributed by atoms with van der Waals surface area (Å²) in [6, 6.07) is 9.04. The van der Waals surface area contributed by atoms with Gasteiger partial charge in [-0.3, -0.25) is 4.79 Å². The summed E-state index contributed by atoms with van der Waals surface area (Å²) in [4.78, 5) is 11.7. The van der Waals surface area contributed by atoms with Crippen molar-refractivity contribution in [2.45, 2.75) is 27.3 Å². The molecule has 0 bridgehead atoms. The van der Waals surface area contributed by atoms with Crippen molar-refractivity contribution in [3.63, 3.8) is 0 Å². The monoisotopic (exact) mass is 352 g/mol. The summed E-state index contributed by atoms with van der Waals surface area (Å²) in [6.07, 6.45) is 1.97. The topological polar surface area (TPSA) is 66.0 Å². The Kier molecular flexibility index (Phi) is 4.28. The van der Waals surface area contributed by atoms with Crippen LogP contribution in [0.5, 0.6) is 5.75 Å². The first-order valence-electron chi connectivity index (χ1n) is 7.85. The molecule has 3 aromatic rings. The van der Waals surface area contributed by atoms with Gasteiger partial charge in [-0.05, 0) is 56.2 Å². The molecule has 0 atom stereocenters. The molecule has 0 aliphatic rings. The molecule has 0 saturated carbocycles. The Hall–Kier alpha value is -2.77. The number of carbonyl (C=O) groups is 1. The van der Waals surface area contributed by atoms with Crippen LogP contribution in [0.25, 0.3) is 10.9 Å². The number of ketones is 1. The number of aromatic nitrogens is 1. The third-order valence-electron chi connectivity index (χ3n) is 4.42. The second-order valence-corrected chi connectivity index (χ2v) is 6.63. The van der Waals surface area contributed by atoms with Gasteiger partial charge in [0.1, 0.15) is 5.75 Å². The molecule has 0 spiro atoms. The van der Waals surface area contributed by atoms with Gasteiger partial charge in [0.25, 0.3) is 0 Å². The number of hydrogen-bond donors (Lipinski definition) is 1. The van der Waals surface area contributed by atoms with Crippen LogP contribution >= 0.6 is 11.6 Å². The van der Waals surface area contributed by atoms with E-state index in [0.717, 1.165) is 22.0 Å². The van der Waals surface area contributed by atoms with Crippen molar-refractivity contribution in [2.24, 2.45) is 0 Å². The maximum absolute atomic E-state index is 11.7. The van der Waals surface area contributed by atoms with Gasteiger partial charge in [-0.25, -0.2) is 0 Å². The van der Waals surface area contributed by atoms with Crippen LogP contribution in [0.1, 0.15) is 39.5 Å². The number of rotatable bonds is 3. The maximum atomic E-state index is 11.7. The van der Waals surface area contributed by atoms with Gasteiger partial charge in [0, 0.05) is 22.2 Å². The number of phenolic OH excluding ortho intramolecular Hbond substituents is 1. The molecule has 126 valence electrons. The SMILES string of the molecule is CC(=O)c1ccc(Cl)c(Cn2cc(C)c3cc(C#N)cc(C)c32)c1O. The molecule has 1 heterocycles. The van der Waals surface area contributed by atoms with Crippen molar-refractivity contribution < 1.29 is 9.90 Å². The molecule has 2 aromatic carbocycles. The lowest BCUT2D eigenvalue weighted by Gasteiger charge is -2.13. The fraction of sp³-hybridized carbons (Fsp3) is 0.200. The smallest absolute Gasteiger partial charge is 0.163 e. The number of aromatic hydroxyl groups is 1. The van der Waals surface area contributed by atoms with E-state index in [-0.39, 0.29) is 17.1 Å². The van der Waals surface area contributed by atoms with Crippen LogP contribution in [0.4, 0.5) is 0 Å². The number of Topliss-reactive ketones (excluding diaryl/α,β-unsaturated/α-hetero) is 1. The van der Waals surface area contributed by atoms with Crippen molar-refractivity contribution in [1.82, 2.24) is 4.57 Å². The molecule has 0 unspecified atom stereocenters. The minimum absolute atomic E-state index is 0.0780. The number of hydrogen-bond acceptors (Lipinski definition) is 3. The van der Waals surface area contributed by atoms with Crippen LogP contribution < -0.4 is 0 Å². The highest BCUT2D eigenvalue weighted by Crippen LogP contribution is 2.33. The summed E-state index contributed by atoms with van der Waals surface area (Å²) in [5, 5.41) is 21.0. The lowest BCUT2D eigenvalue weighted by molar-refractivity contribution is 0.101. The van der Waals surface area contributed by atoms with E-state index in [1.807, 2.05) is 36.7 Å². The number of benzene rings is 2. The zero-order valence-corrected chi connectivity index (χ0v) is 15.0. The number of nitriles is 1. The summed E-state index contributed by atoms with van der Waals surface area (Å²) in [5.74, 6) is -0.287. The first-order valence-corrected chi connectivity index (χ1v) is 8.22. The van der Waals surface area contributed by atoms with E-state index >= 15 is 0 Å². The summed E-state index contributed by atoms with van der Waals surface area (Å²) < 4.78 is 1.99. The molecule has 0 aliphatic carbocycles. The van der Waals surface area contributed by atoms with E-state index in [2.05, 4.69) is 6.07 Å². The molecular formula is C20H17ClN2O2. The molecule has 3 rings (SSSR count). The molecule has 5 heteroatoms. The maximum Gasteiger partial charge on any atom is 0.163 e. The molecule has 0 radical (unpaired) electrons. The molecule has 0 saturated heterocycles. The number of nitrogens with zero attached hydrogens (tertiary/aromatic N) is 2. The number of carbonyl (C=O) groups excluding carboxylic acids is 1. The standard InChI is InChI=1S/C20H17ClN2O2/c1-11-6-14(8-22)7-16-12(2)9-23(19(11)16)10-17-18(21)5-4-15(13(3)24)20(17)25/h4-7,9,25H,10H2,1-3H3. The van der Waals surface area contributed by atoms with Crippen molar-refractivity contribution in [2.75, 3.05) is 0 Å². The first kappa shape index (κ1) is 17.1. The van der Waals surface area contributed by atoms with Gasteiger partial charge in [0.05, 0.1) is 29.3 Å². The minimum Gasteiger partial charge on any atom is -0.507 e. The Morgan fingerprint density at radius 2 is 2.00 bits per heavy atom. The zero-order valence-electron chi connectivity index (χ0n) is 14.2. The lowest BCUT2D eigenvalue weighted by Crippen LogP contribution is -2.03. The van der Waals surface area contributed by atoms with Crippen LogP contribution in [0.2, 0.25) is 5.02 Å². The first-order chi connectivity index (χ1) is 11.8. The molecule has 1 aromatic heterocycles. The van der Waals surface area contributed by atoms with Crippen LogP contribution in [0.3, 0.4) is 0 Å². The van der Waals surface area contributed by atoms with E-state index in [1.54, 1.807) is 6.07 Å². The molecule has 25 heavy (non-hydrogen) atoms. The highest BCUT2D eigenvalue weighted by molar-refractivity contribution is 6.31. The predicted molar refractivity (Wildman–Crippen MR) is 98.4 cm³/mol. The van der Waals surface area contributed by atoms with E-state index in [9.17, 15) is 15.2 Å². The summed E-state index contributed by atoms with van der Waals surface area (Å²) in [7, 11) is 0. The second kappa shape index (κ2) is 6.27. The van der Waals surface area contributed by atoms with Crippen molar-refractivity contribution in [1.29, 1.82) is 5.26 Å². The quantitative estimate of drug-likeness (QED) is 0.692. The Balaban J connectivity index is 2.19. The predicted octanol–water partition coefficient (Wildman–Crippen LogP) is 4.74. The normalized spacial score (nSPS) is 10.8. The highest BCUT2D eigenvalue weighted by Gasteiger charge is 2.17. The van der Waals surface area contributed by atoms with Gasteiger partial charge < -0.3 is 9.67 Å². The van der Waals surface area contributed by atoms with Gasteiger partial charge in [0.2, 0.25) is 0 Å². The van der Waals surface area contributed by atoms with Gasteiger partial charge in [-0.15, -0.1) is 0 Å². The molecule has 0 amide bonds. The van der Waals surface area contributed by atoms with Gasteiger partial charge in [-0.2, -0.15) is 5.26 Å². The fourth-order valence-electron chi connectivity index (χ4n) is 3.24. The molecule has 1 N–H and O–H groups in total. The molecular weight excluding hydrogens is 336 g/mol. The Labute approximate surface area is 150 Å². The Bertz CT molecular complexity index is 1060. The van der Waals surface area contributed by atoms with Crippen LogP contribution in [-0.2, 0) is 6.54 Å². The molecule has 0 fully saturated rings. The highest BCUT2D eigenvalue weighted by atomic mass is 35.5. The average Bonchev–Trinajstić information content (AvgIpc) is 2.87. The Morgan fingerprint density at radius 3 is 2.64 bits per heavy atom. The number of aryl methyl sites for hydroxylation is 2. The van der Waals surface area contributed by atoms with E-state index in [1.165, 1.54) is 13.0 Å². The largest absolute Gasteiger partial charge is 0.507 e. The van der Waals surface area contributed by atoms with Crippen LogP contribution in [0.15, 0.2) is 30.5 Å². The van der Waals surface area contributed by atoms with Crippen molar-refractivity contribution >= 4 is 28.3 Å². The molecule has 0 aliphatic heterocycles. The second-order valence-electron chi connectivity index (χ2n) is 6.22. The molecule has 4 nitrogen and oxygen atoms in total. The number of phenols is 1. The summed E-state index contributed by atoms with van der Waals surface area (Å²) in [5.41, 5.74) is 4.38. The third-order valence-corrected chi connectivity index (χ3v) is 4.78. The summed E-state index contributed by atoms with van der Waals surface area (Å²) >= 11 is 6.27. The average molecular weight is 353 g/mol. The van der Waals surface area contributed by atoms with Crippen molar-refractivity contribution in [3.8, 4) is 11.8 Å². The fourth-order valence-corrected chi connectivity index (χ4v) is 3.45. The van der Waals surface area contributed by atoms with Crippen LogP contribution in [-0.4, -0.2) is 15.5 Å². The Morgan fingerprint density at radius 1 is 1.28 bits per heavy atom. The zero-order chi connectivity index (χ0) is 18.3. The number of fused-ring (bicyclic) bond motifs is 1. The lowest BCUT2D eigenvalue weighted by atomic mass is 10.0. The minimum atomic E-state index is -0.209. The van der Waals surface area contributed by atoms with Crippen LogP contribution in [0, 0.1) is 25.2 Å². The van der Waals surface area contributed by atoms with Gasteiger partial charge in [0.15, 0.2) is 5.78 Å². The van der Waals surface area contributed by atoms with E-state index in [0.29, 0.717) is 22.7 Å². The van der Waals surface area contributed by atoms with E-state index in [4.69, 9.17) is 11.6 Å². The van der Waals surface area contributed by atoms with E-state index < -0.39 is 0 Å². The van der Waals surface area contributed by atoms with Gasteiger partial charge in [-0.1, -0.05) is 11.6 Å². The summed E-state index contributed by atoms with van der Waals surface area (Å²) in [6.45, 7) is 5.68. The van der Waals surface area contributed by atoms with Gasteiger partial charge >= 0.3 is 0 Å². The number of halogens is 1. The van der Waals surface area contributed by atoms with Crippen molar-refractivity contribution in [3.05, 3.63) is 63.3 Å². The third kappa shape index (κ3) is 2.88.